The number of hydrogen-bond donors (Lipinski definition) is 3. The Kier molecular flexibility index (Phi) is 6.19. The molecule has 0 radical (unpaired) electrons. The van der Waals surface area contributed by atoms with Crippen LogP contribution >= 0.6 is 34.8 Å². The first kappa shape index (κ1) is 22.5. The number of nitrogens with one attached hydrogen (secondary N) is 3. The molecule has 0 aliphatic rings. The van der Waals surface area contributed by atoms with E-state index in [0.29, 0.717) is 16.4 Å². The molecule has 0 aliphatic heterocycles. The van der Waals surface area contributed by atoms with Gasteiger partial charge in [0.2, 0.25) is 5.95 Å². The summed E-state index contributed by atoms with van der Waals surface area (Å²) in [6.07, 6.45) is 0. The number of amides is 1. The van der Waals surface area contributed by atoms with Crippen molar-refractivity contribution in [3.63, 3.8) is 0 Å². The zero-order valence-electron chi connectivity index (χ0n) is 16.4. The molecule has 0 bridgehead atoms. The number of carbonyl (C=O) groups excluding carboxylic acids is 1. The lowest BCUT2D eigenvalue weighted by Gasteiger charge is -2.11. The van der Waals surface area contributed by atoms with E-state index in [1.54, 1.807) is 36.4 Å². The second kappa shape index (κ2) is 9.07. The number of aromatic nitrogens is 2. The van der Waals surface area contributed by atoms with E-state index in [4.69, 9.17) is 34.8 Å². The van der Waals surface area contributed by atoms with Crippen molar-refractivity contribution in [1.82, 2.24) is 9.97 Å². The molecule has 0 saturated carbocycles. The number of H-pyrrole nitrogens is 1. The summed E-state index contributed by atoms with van der Waals surface area (Å²) < 4.78 is 0. The molecule has 3 N–H and O–H groups in total. The Hall–Kier alpha value is -3.66. The SMILES string of the molecule is O=C(Nc1ccccc1Cl)c1cc([N+](=O)[O-])cc2c(=O)[nH]c(Nc3ccc(Cl)c(Cl)c3)nc12. The van der Waals surface area contributed by atoms with Gasteiger partial charge >= 0.3 is 0 Å². The molecular formula is C21H12Cl3N5O4. The van der Waals surface area contributed by atoms with Gasteiger partial charge in [0.25, 0.3) is 17.2 Å². The van der Waals surface area contributed by atoms with Crippen molar-refractivity contribution in [3.05, 3.63) is 95.7 Å². The molecule has 1 aromatic heterocycles. The molecule has 0 aliphatic carbocycles. The number of rotatable bonds is 5. The minimum atomic E-state index is -0.726. The molecule has 0 unspecified atom stereocenters. The van der Waals surface area contributed by atoms with E-state index in [9.17, 15) is 19.7 Å². The predicted molar refractivity (Wildman–Crippen MR) is 128 cm³/mol. The summed E-state index contributed by atoms with van der Waals surface area (Å²) in [6, 6.07) is 13.3. The van der Waals surface area contributed by atoms with Gasteiger partial charge in [-0.05, 0) is 30.3 Å². The predicted octanol–water partition coefficient (Wildman–Crippen LogP) is 5.79. The summed E-state index contributed by atoms with van der Waals surface area (Å²) in [6.45, 7) is 0. The zero-order valence-corrected chi connectivity index (χ0v) is 18.6. The van der Waals surface area contributed by atoms with Crippen molar-refractivity contribution in [2.24, 2.45) is 0 Å². The van der Waals surface area contributed by atoms with E-state index < -0.39 is 22.1 Å². The second-order valence-electron chi connectivity index (χ2n) is 6.75. The van der Waals surface area contributed by atoms with Gasteiger partial charge in [0.05, 0.1) is 42.1 Å². The van der Waals surface area contributed by atoms with Gasteiger partial charge < -0.3 is 10.6 Å². The molecule has 33 heavy (non-hydrogen) atoms. The number of non-ortho nitro benzene ring substituents is 1. The second-order valence-corrected chi connectivity index (χ2v) is 7.97. The molecule has 0 spiro atoms. The maximum absolute atomic E-state index is 13.0. The Bertz CT molecular complexity index is 1490. The quantitative estimate of drug-likeness (QED) is 0.233. The summed E-state index contributed by atoms with van der Waals surface area (Å²) in [4.78, 5) is 43.2. The number of carbonyl (C=O) groups is 1. The van der Waals surface area contributed by atoms with E-state index >= 15 is 0 Å². The van der Waals surface area contributed by atoms with Crippen LogP contribution in [0.15, 0.2) is 59.4 Å². The fraction of sp³-hybridized carbons (Fsp3) is 0. The van der Waals surface area contributed by atoms with Crippen LogP contribution in [0.1, 0.15) is 10.4 Å². The van der Waals surface area contributed by atoms with Gasteiger partial charge in [-0.2, -0.15) is 0 Å². The Morgan fingerprint density at radius 3 is 2.45 bits per heavy atom. The maximum Gasteiger partial charge on any atom is 0.271 e. The zero-order chi connectivity index (χ0) is 23.7. The van der Waals surface area contributed by atoms with E-state index in [2.05, 4.69) is 20.6 Å². The number of nitrogens with zero attached hydrogens (tertiary/aromatic N) is 2. The van der Waals surface area contributed by atoms with Crippen LogP contribution in [0, 0.1) is 10.1 Å². The van der Waals surface area contributed by atoms with Crippen LogP contribution in [-0.2, 0) is 0 Å². The van der Waals surface area contributed by atoms with Gasteiger partial charge in [-0.3, -0.25) is 24.7 Å². The number of halogens is 3. The van der Waals surface area contributed by atoms with Crippen LogP contribution in [0.4, 0.5) is 23.0 Å². The minimum Gasteiger partial charge on any atom is -0.326 e. The Balaban J connectivity index is 1.83. The molecule has 3 aromatic carbocycles. The third-order valence-electron chi connectivity index (χ3n) is 4.55. The molecule has 9 nitrogen and oxygen atoms in total. The Labute approximate surface area is 200 Å². The van der Waals surface area contributed by atoms with E-state index in [1.807, 2.05) is 0 Å². The molecule has 0 fully saturated rings. The number of hydrogen-bond acceptors (Lipinski definition) is 6. The van der Waals surface area contributed by atoms with Crippen LogP contribution in [0.5, 0.6) is 0 Å². The monoisotopic (exact) mass is 503 g/mol. The van der Waals surface area contributed by atoms with E-state index in [1.165, 1.54) is 6.07 Å². The lowest BCUT2D eigenvalue weighted by Crippen LogP contribution is -2.17. The standard InChI is InChI=1S/C21H12Cl3N5O4/c22-14-6-5-10(7-16(14)24)25-21-27-18-12(19(30)26-17-4-2-1-3-15(17)23)8-11(29(32)33)9-13(18)20(31)28-21/h1-9H,(H,26,30)(H2,25,27,28,31). The summed E-state index contributed by atoms with van der Waals surface area (Å²) in [7, 11) is 0. The fourth-order valence-corrected chi connectivity index (χ4v) is 3.51. The third kappa shape index (κ3) is 4.75. The minimum absolute atomic E-state index is 0.00784. The van der Waals surface area contributed by atoms with Crippen molar-refractivity contribution < 1.29 is 9.72 Å². The molecule has 0 saturated heterocycles. The van der Waals surface area contributed by atoms with E-state index in [0.717, 1.165) is 12.1 Å². The number of aromatic amines is 1. The maximum atomic E-state index is 13.0. The van der Waals surface area contributed by atoms with Crippen molar-refractivity contribution in [2.75, 3.05) is 10.6 Å². The van der Waals surface area contributed by atoms with Crippen LogP contribution in [0.3, 0.4) is 0 Å². The van der Waals surface area contributed by atoms with Crippen LogP contribution < -0.4 is 16.2 Å². The first-order valence-corrected chi connectivity index (χ1v) is 10.4. The molecule has 1 heterocycles. The van der Waals surface area contributed by atoms with Gasteiger partial charge in [0, 0.05) is 17.8 Å². The smallest absolute Gasteiger partial charge is 0.271 e. The summed E-state index contributed by atoms with van der Waals surface area (Å²) in [5, 5.41) is 17.6. The number of nitro benzene ring substituents is 1. The van der Waals surface area contributed by atoms with Crippen molar-refractivity contribution in [1.29, 1.82) is 0 Å². The van der Waals surface area contributed by atoms with Crippen molar-refractivity contribution >= 4 is 74.6 Å². The molecule has 4 rings (SSSR count). The van der Waals surface area contributed by atoms with Gasteiger partial charge in [-0.1, -0.05) is 46.9 Å². The lowest BCUT2D eigenvalue weighted by atomic mass is 10.1. The highest BCUT2D eigenvalue weighted by Gasteiger charge is 2.21. The lowest BCUT2D eigenvalue weighted by molar-refractivity contribution is -0.384. The number of para-hydroxylation sites is 1. The van der Waals surface area contributed by atoms with Gasteiger partial charge in [-0.15, -0.1) is 0 Å². The molecule has 0 atom stereocenters. The molecule has 166 valence electrons. The molecule has 1 amide bonds. The summed E-state index contributed by atoms with van der Waals surface area (Å²) in [5.41, 5.74) is -0.583. The average Bonchev–Trinajstić information content (AvgIpc) is 2.77. The molecular weight excluding hydrogens is 493 g/mol. The van der Waals surface area contributed by atoms with Gasteiger partial charge in [0.1, 0.15) is 0 Å². The fourth-order valence-electron chi connectivity index (χ4n) is 3.03. The average molecular weight is 505 g/mol. The van der Waals surface area contributed by atoms with Crippen LogP contribution in [-0.4, -0.2) is 20.8 Å². The molecule has 12 heteroatoms. The largest absolute Gasteiger partial charge is 0.326 e. The third-order valence-corrected chi connectivity index (χ3v) is 5.62. The van der Waals surface area contributed by atoms with Crippen molar-refractivity contribution in [2.45, 2.75) is 0 Å². The highest BCUT2D eigenvalue weighted by Crippen LogP contribution is 2.28. The van der Waals surface area contributed by atoms with Gasteiger partial charge in [-0.25, -0.2) is 4.98 Å². The summed E-state index contributed by atoms with van der Waals surface area (Å²) in [5.74, 6) is -0.734. The van der Waals surface area contributed by atoms with Crippen molar-refractivity contribution in [3.8, 4) is 0 Å². The normalized spacial score (nSPS) is 10.8. The highest BCUT2D eigenvalue weighted by molar-refractivity contribution is 6.42. The topological polar surface area (TPSA) is 130 Å². The van der Waals surface area contributed by atoms with Gasteiger partial charge in [0.15, 0.2) is 0 Å². The number of benzene rings is 3. The highest BCUT2D eigenvalue weighted by atomic mass is 35.5. The number of nitro groups is 1. The number of fused-ring (bicyclic) bond motifs is 1. The number of anilines is 3. The first-order valence-electron chi connectivity index (χ1n) is 9.23. The summed E-state index contributed by atoms with van der Waals surface area (Å²) >= 11 is 18.0. The van der Waals surface area contributed by atoms with Crippen LogP contribution in [0.25, 0.3) is 10.9 Å². The Morgan fingerprint density at radius 1 is 1.00 bits per heavy atom. The molecule has 4 aromatic rings. The first-order chi connectivity index (χ1) is 15.7. The van der Waals surface area contributed by atoms with E-state index in [-0.39, 0.29) is 32.5 Å². The Morgan fingerprint density at radius 2 is 1.76 bits per heavy atom. The van der Waals surface area contributed by atoms with Crippen LogP contribution in [0.2, 0.25) is 15.1 Å².